The number of hydrogen-bond donors (Lipinski definition) is 0. The summed E-state index contributed by atoms with van der Waals surface area (Å²) in [7, 11) is 1.68. The van der Waals surface area contributed by atoms with Gasteiger partial charge in [0.25, 0.3) is 0 Å². The largest absolute Gasteiger partial charge is 0.382 e. The fourth-order valence-corrected chi connectivity index (χ4v) is 2.80. The fraction of sp³-hybridized carbons (Fsp3) is 1.00. The Labute approximate surface area is 125 Å². The summed E-state index contributed by atoms with van der Waals surface area (Å²) in [5.74, 6) is 0. The summed E-state index contributed by atoms with van der Waals surface area (Å²) in [4.78, 5) is 2.58. The Balaban J connectivity index is 1.93. The number of methoxy groups -OCH3 is 1. The molecule has 1 unspecified atom stereocenters. The van der Waals surface area contributed by atoms with E-state index in [1.165, 1.54) is 32.2 Å². The van der Waals surface area contributed by atoms with Crippen LogP contribution in [-0.4, -0.2) is 69.5 Å². The summed E-state index contributed by atoms with van der Waals surface area (Å²) < 4.78 is 15.9. The molecule has 1 aliphatic heterocycles. The molecule has 1 aliphatic rings. The maximum absolute atomic E-state index is 5.61. The lowest BCUT2D eigenvalue weighted by atomic mass is 10.1. The lowest BCUT2D eigenvalue weighted by molar-refractivity contribution is 0.0185. The zero-order chi connectivity index (χ0) is 13.8. The number of halogens is 1. The number of ether oxygens (including phenoxy) is 3. The molecule has 0 aromatic rings. The molecule has 0 radical (unpaired) electrons. The third-order valence-electron chi connectivity index (χ3n) is 3.50. The Hall–Kier alpha value is 0.320. The predicted octanol–water partition coefficient (Wildman–Crippen LogP) is 2.31. The van der Waals surface area contributed by atoms with E-state index in [4.69, 9.17) is 14.2 Å². The average molecular weight is 338 g/mol. The summed E-state index contributed by atoms with van der Waals surface area (Å²) in [5.41, 5.74) is 0. The molecule has 0 aromatic carbocycles. The van der Waals surface area contributed by atoms with Crippen LogP contribution in [0.15, 0.2) is 0 Å². The Bertz CT molecular complexity index is 207. The van der Waals surface area contributed by atoms with E-state index in [1.54, 1.807) is 7.11 Å². The minimum atomic E-state index is 0.653. The van der Waals surface area contributed by atoms with Crippen molar-refractivity contribution in [1.29, 1.82) is 0 Å². The molecule has 0 saturated carbocycles. The molecule has 114 valence electrons. The van der Waals surface area contributed by atoms with Crippen LogP contribution < -0.4 is 0 Å². The highest BCUT2D eigenvalue weighted by Crippen LogP contribution is 2.21. The van der Waals surface area contributed by atoms with Crippen molar-refractivity contribution in [2.45, 2.75) is 31.7 Å². The maximum Gasteiger partial charge on any atom is 0.0701 e. The maximum atomic E-state index is 5.61. The zero-order valence-corrected chi connectivity index (χ0v) is 13.7. The van der Waals surface area contributed by atoms with Gasteiger partial charge in [0.2, 0.25) is 0 Å². The number of rotatable bonds is 12. The second-order valence-corrected chi connectivity index (χ2v) is 5.67. The van der Waals surface area contributed by atoms with Crippen molar-refractivity contribution in [3.63, 3.8) is 0 Å². The number of likely N-dealkylation sites (tertiary alicyclic amines) is 1. The van der Waals surface area contributed by atoms with Crippen LogP contribution in [0.5, 0.6) is 0 Å². The molecule has 1 rings (SSSR count). The molecule has 1 saturated heterocycles. The van der Waals surface area contributed by atoms with E-state index < -0.39 is 0 Å². The Morgan fingerprint density at radius 2 is 1.84 bits per heavy atom. The number of hydrogen-bond acceptors (Lipinski definition) is 4. The molecule has 5 heteroatoms. The van der Waals surface area contributed by atoms with Gasteiger partial charge in [-0.25, -0.2) is 0 Å². The highest BCUT2D eigenvalue weighted by molar-refractivity contribution is 9.09. The average Bonchev–Trinajstić information content (AvgIpc) is 2.87. The summed E-state index contributed by atoms with van der Waals surface area (Å²) in [6.07, 6.45) is 5.28. The summed E-state index contributed by atoms with van der Waals surface area (Å²) >= 11 is 3.51. The first kappa shape index (κ1) is 17.4. The molecule has 19 heavy (non-hydrogen) atoms. The summed E-state index contributed by atoms with van der Waals surface area (Å²) in [5, 5.41) is 1.12. The van der Waals surface area contributed by atoms with Crippen molar-refractivity contribution in [3.05, 3.63) is 0 Å². The van der Waals surface area contributed by atoms with Gasteiger partial charge in [-0.2, -0.15) is 0 Å². The molecule has 1 heterocycles. The lowest BCUT2D eigenvalue weighted by Gasteiger charge is -2.24. The normalized spacial score (nSPS) is 20.2. The van der Waals surface area contributed by atoms with Crippen LogP contribution in [0.2, 0.25) is 0 Å². The third kappa shape index (κ3) is 8.25. The van der Waals surface area contributed by atoms with Gasteiger partial charge in [-0.1, -0.05) is 15.9 Å². The first-order chi connectivity index (χ1) is 9.38. The molecular weight excluding hydrogens is 310 g/mol. The molecule has 0 spiro atoms. The van der Waals surface area contributed by atoms with Crippen LogP contribution >= 0.6 is 15.9 Å². The van der Waals surface area contributed by atoms with E-state index in [0.29, 0.717) is 26.4 Å². The first-order valence-electron chi connectivity index (χ1n) is 7.33. The molecule has 4 nitrogen and oxygen atoms in total. The number of nitrogens with zero attached hydrogens (tertiary/aromatic N) is 1. The SMILES string of the molecule is COCCOCCOCCN1CCCC1CCCBr. The van der Waals surface area contributed by atoms with Crippen LogP contribution in [0, 0.1) is 0 Å². The second-order valence-electron chi connectivity index (χ2n) is 4.88. The van der Waals surface area contributed by atoms with E-state index in [1.807, 2.05) is 0 Å². The molecule has 0 amide bonds. The van der Waals surface area contributed by atoms with Crippen LogP contribution in [0.1, 0.15) is 25.7 Å². The highest BCUT2D eigenvalue weighted by atomic mass is 79.9. The van der Waals surface area contributed by atoms with Crippen molar-refractivity contribution in [2.24, 2.45) is 0 Å². The summed E-state index contributed by atoms with van der Waals surface area (Å²) in [6, 6.07) is 0.777. The van der Waals surface area contributed by atoms with Crippen molar-refractivity contribution >= 4 is 15.9 Å². The predicted molar refractivity (Wildman–Crippen MR) is 81.1 cm³/mol. The van der Waals surface area contributed by atoms with Gasteiger partial charge in [0.05, 0.1) is 33.0 Å². The van der Waals surface area contributed by atoms with E-state index in [2.05, 4.69) is 20.8 Å². The van der Waals surface area contributed by atoms with Gasteiger partial charge < -0.3 is 14.2 Å². The van der Waals surface area contributed by atoms with Gasteiger partial charge >= 0.3 is 0 Å². The highest BCUT2D eigenvalue weighted by Gasteiger charge is 2.23. The van der Waals surface area contributed by atoms with E-state index in [9.17, 15) is 0 Å². The van der Waals surface area contributed by atoms with Crippen molar-refractivity contribution in [2.75, 3.05) is 58.6 Å². The van der Waals surface area contributed by atoms with Crippen LogP contribution in [0.3, 0.4) is 0 Å². The van der Waals surface area contributed by atoms with Gasteiger partial charge in [0, 0.05) is 25.0 Å². The third-order valence-corrected chi connectivity index (χ3v) is 4.06. The number of alkyl halides is 1. The molecular formula is C14H28BrNO3. The van der Waals surface area contributed by atoms with Crippen molar-refractivity contribution in [1.82, 2.24) is 4.90 Å². The molecule has 0 aromatic heterocycles. The topological polar surface area (TPSA) is 30.9 Å². The zero-order valence-electron chi connectivity index (χ0n) is 12.1. The Morgan fingerprint density at radius 1 is 1.11 bits per heavy atom. The van der Waals surface area contributed by atoms with E-state index >= 15 is 0 Å². The summed E-state index contributed by atoms with van der Waals surface area (Å²) in [6.45, 7) is 5.77. The second kappa shape index (κ2) is 12.1. The van der Waals surface area contributed by atoms with Gasteiger partial charge in [-0.3, -0.25) is 4.90 Å². The Kier molecular flexibility index (Phi) is 11.1. The van der Waals surface area contributed by atoms with Crippen molar-refractivity contribution in [3.8, 4) is 0 Å². The van der Waals surface area contributed by atoms with Crippen LogP contribution in [-0.2, 0) is 14.2 Å². The lowest BCUT2D eigenvalue weighted by Crippen LogP contribution is -2.32. The molecule has 0 N–H and O–H groups in total. The molecule has 1 atom stereocenters. The van der Waals surface area contributed by atoms with E-state index in [-0.39, 0.29) is 0 Å². The minimum absolute atomic E-state index is 0.653. The molecule has 0 aliphatic carbocycles. The fourth-order valence-electron chi connectivity index (χ4n) is 2.48. The van der Waals surface area contributed by atoms with Crippen LogP contribution in [0.25, 0.3) is 0 Å². The van der Waals surface area contributed by atoms with Gasteiger partial charge in [0.1, 0.15) is 0 Å². The molecule has 1 fully saturated rings. The van der Waals surface area contributed by atoms with Gasteiger partial charge in [-0.15, -0.1) is 0 Å². The van der Waals surface area contributed by atoms with Crippen molar-refractivity contribution < 1.29 is 14.2 Å². The Morgan fingerprint density at radius 3 is 2.58 bits per heavy atom. The van der Waals surface area contributed by atoms with Crippen LogP contribution in [0.4, 0.5) is 0 Å². The van der Waals surface area contributed by atoms with E-state index in [0.717, 1.165) is 24.5 Å². The standard InChI is InChI=1S/C14H28BrNO3/c1-17-10-11-19-13-12-18-9-8-16-7-3-5-14(16)4-2-6-15/h14H,2-13H2,1H3. The monoisotopic (exact) mass is 337 g/mol. The van der Waals surface area contributed by atoms with Gasteiger partial charge in [0.15, 0.2) is 0 Å². The van der Waals surface area contributed by atoms with Gasteiger partial charge in [-0.05, 0) is 32.2 Å². The quantitative estimate of drug-likeness (QED) is 0.404. The first-order valence-corrected chi connectivity index (χ1v) is 8.45. The minimum Gasteiger partial charge on any atom is -0.382 e. The molecule has 0 bridgehead atoms. The smallest absolute Gasteiger partial charge is 0.0701 e.